The Morgan fingerprint density at radius 3 is 2.50 bits per heavy atom. The molecule has 0 saturated heterocycles. The number of aryl methyl sites for hydroxylation is 1. The molecule has 1 aromatic rings. The quantitative estimate of drug-likeness (QED) is 0.544. The van der Waals surface area contributed by atoms with Gasteiger partial charge in [-0.15, -0.1) is 0 Å². The highest BCUT2D eigenvalue weighted by molar-refractivity contribution is 5.20. The van der Waals surface area contributed by atoms with E-state index in [0.717, 1.165) is 6.54 Å². The first-order valence-electron chi connectivity index (χ1n) is 4.23. The van der Waals surface area contributed by atoms with Crippen molar-refractivity contribution in [2.24, 2.45) is 0 Å². The highest BCUT2D eigenvalue weighted by Crippen LogP contribution is 2.03. The van der Waals surface area contributed by atoms with Gasteiger partial charge in [0.05, 0.1) is 6.61 Å². The highest BCUT2D eigenvalue weighted by Gasteiger charge is 1.90. The fourth-order valence-electron chi connectivity index (χ4n) is 0.921. The summed E-state index contributed by atoms with van der Waals surface area (Å²) in [6, 6.07) is 8.33. The summed E-state index contributed by atoms with van der Waals surface area (Å²) in [7, 11) is 0. The first kappa shape index (κ1) is 9.23. The van der Waals surface area contributed by atoms with Crippen LogP contribution in [0.25, 0.3) is 0 Å². The van der Waals surface area contributed by atoms with Crippen molar-refractivity contribution in [3.05, 3.63) is 35.4 Å². The van der Waals surface area contributed by atoms with Gasteiger partial charge in [0, 0.05) is 6.54 Å². The van der Waals surface area contributed by atoms with Gasteiger partial charge in [0.2, 0.25) is 0 Å². The molecular weight excluding hydrogens is 150 g/mol. The molecule has 0 spiro atoms. The van der Waals surface area contributed by atoms with Crippen LogP contribution in [0.1, 0.15) is 18.1 Å². The molecule has 0 bridgehead atoms. The summed E-state index contributed by atoms with van der Waals surface area (Å²) in [5.41, 5.74) is 5.29. The van der Waals surface area contributed by atoms with Crippen molar-refractivity contribution in [2.75, 3.05) is 6.54 Å². The summed E-state index contributed by atoms with van der Waals surface area (Å²) in [6.45, 7) is 5.56. The molecule has 0 heterocycles. The van der Waals surface area contributed by atoms with Gasteiger partial charge < -0.3 is 0 Å². The molecule has 66 valence electrons. The molecule has 1 aromatic carbocycles. The molecule has 0 aliphatic carbocycles. The summed E-state index contributed by atoms with van der Waals surface area (Å²) in [5.74, 6) is 0. The summed E-state index contributed by atoms with van der Waals surface area (Å²) < 4.78 is 0. The third-order valence-electron chi connectivity index (χ3n) is 1.61. The van der Waals surface area contributed by atoms with Crippen LogP contribution in [0.4, 0.5) is 0 Å². The van der Waals surface area contributed by atoms with Crippen LogP contribution in [0.15, 0.2) is 24.3 Å². The zero-order valence-electron chi connectivity index (χ0n) is 7.63. The first-order chi connectivity index (χ1) is 5.83. The minimum atomic E-state index is 0.633. The molecule has 0 aliphatic heterocycles. The number of hydroxylamine groups is 1. The van der Waals surface area contributed by atoms with E-state index in [4.69, 9.17) is 4.84 Å². The molecule has 2 nitrogen and oxygen atoms in total. The van der Waals surface area contributed by atoms with E-state index in [9.17, 15) is 0 Å². The van der Waals surface area contributed by atoms with Crippen molar-refractivity contribution in [3.63, 3.8) is 0 Å². The molecule has 12 heavy (non-hydrogen) atoms. The largest absolute Gasteiger partial charge is 0.297 e. The molecule has 1 N–H and O–H groups in total. The van der Waals surface area contributed by atoms with Gasteiger partial charge in [0.25, 0.3) is 0 Å². The highest BCUT2D eigenvalue weighted by atomic mass is 16.6. The van der Waals surface area contributed by atoms with E-state index in [2.05, 4.69) is 36.7 Å². The molecule has 0 fully saturated rings. The maximum Gasteiger partial charge on any atom is 0.0933 e. The lowest BCUT2D eigenvalue weighted by molar-refractivity contribution is 0.0314. The van der Waals surface area contributed by atoms with Crippen LogP contribution in [-0.2, 0) is 11.4 Å². The number of hydrogen-bond acceptors (Lipinski definition) is 2. The Kier molecular flexibility index (Phi) is 3.77. The van der Waals surface area contributed by atoms with Gasteiger partial charge in [-0.1, -0.05) is 36.8 Å². The Labute approximate surface area is 73.5 Å². The lowest BCUT2D eigenvalue weighted by Crippen LogP contribution is -2.12. The van der Waals surface area contributed by atoms with Gasteiger partial charge in [-0.25, -0.2) is 5.48 Å². The zero-order chi connectivity index (χ0) is 8.81. The average Bonchev–Trinajstić information content (AvgIpc) is 2.09. The van der Waals surface area contributed by atoms with Crippen molar-refractivity contribution in [3.8, 4) is 0 Å². The Balaban J connectivity index is 2.37. The summed E-state index contributed by atoms with van der Waals surface area (Å²) in [6.07, 6.45) is 0. The summed E-state index contributed by atoms with van der Waals surface area (Å²) >= 11 is 0. The van der Waals surface area contributed by atoms with Gasteiger partial charge in [-0.05, 0) is 12.5 Å². The Morgan fingerprint density at radius 2 is 1.92 bits per heavy atom. The van der Waals surface area contributed by atoms with Crippen molar-refractivity contribution in [1.82, 2.24) is 5.48 Å². The predicted octanol–water partition coefficient (Wildman–Crippen LogP) is 2.04. The monoisotopic (exact) mass is 165 g/mol. The third-order valence-corrected chi connectivity index (χ3v) is 1.61. The lowest BCUT2D eigenvalue weighted by atomic mass is 10.2. The Hall–Kier alpha value is -0.860. The van der Waals surface area contributed by atoms with Gasteiger partial charge in [0.1, 0.15) is 0 Å². The molecular formula is C10H15NO. The SMILES string of the molecule is CCNOCc1ccc(C)cc1. The number of nitrogens with one attached hydrogen (secondary N) is 1. The van der Waals surface area contributed by atoms with E-state index < -0.39 is 0 Å². The van der Waals surface area contributed by atoms with Crippen LogP contribution in [0, 0.1) is 6.92 Å². The van der Waals surface area contributed by atoms with Crippen molar-refractivity contribution in [2.45, 2.75) is 20.5 Å². The maximum absolute atomic E-state index is 5.16. The van der Waals surface area contributed by atoms with Crippen molar-refractivity contribution < 1.29 is 4.84 Å². The molecule has 0 aromatic heterocycles. The second-order valence-corrected chi connectivity index (χ2v) is 2.77. The Morgan fingerprint density at radius 1 is 1.25 bits per heavy atom. The number of benzene rings is 1. The first-order valence-corrected chi connectivity index (χ1v) is 4.23. The second kappa shape index (κ2) is 4.91. The van der Waals surface area contributed by atoms with Crippen LogP contribution in [0.3, 0.4) is 0 Å². The molecule has 0 radical (unpaired) electrons. The van der Waals surface area contributed by atoms with Crippen LogP contribution in [0.5, 0.6) is 0 Å². The van der Waals surface area contributed by atoms with E-state index in [0.29, 0.717) is 6.61 Å². The molecule has 1 rings (SSSR count). The standard InChI is InChI=1S/C10H15NO/c1-3-11-12-8-10-6-4-9(2)5-7-10/h4-7,11H,3,8H2,1-2H3. The predicted molar refractivity (Wildman–Crippen MR) is 49.6 cm³/mol. The number of rotatable bonds is 4. The van der Waals surface area contributed by atoms with Gasteiger partial charge in [-0.2, -0.15) is 0 Å². The molecule has 0 saturated carbocycles. The second-order valence-electron chi connectivity index (χ2n) is 2.77. The van der Waals surface area contributed by atoms with Gasteiger partial charge in [-0.3, -0.25) is 4.84 Å². The van der Waals surface area contributed by atoms with Gasteiger partial charge >= 0.3 is 0 Å². The van der Waals surface area contributed by atoms with Crippen molar-refractivity contribution in [1.29, 1.82) is 0 Å². The molecule has 2 heteroatoms. The zero-order valence-corrected chi connectivity index (χ0v) is 7.63. The Bertz CT molecular complexity index is 218. The van der Waals surface area contributed by atoms with Crippen LogP contribution in [-0.4, -0.2) is 6.54 Å². The van der Waals surface area contributed by atoms with Gasteiger partial charge in [0.15, 0.2) is 0 Å². The van der Waals surface area contributed by atoms with E-state index in [1.807, 2.05) is 6.92 Å². The molecule has 0 atom stereocenters. The fraction of sp³-hybridized carbons (Fsp3) is 0.400. The topological polar surface area (TPSA) is 21.3 Å². The normalized spacial score (nSPS) is 10.2. The molecule has 0 amide bonds. The van der Waals surface area contributed by atoms with E-state index in [-0.39, 0.29) is 0 Å². The van der Waals surface area contributed by atoms with Crippen LogP contribution in [0.2, 0.25) is 0 Å². The van der Waals surface area contributed by atoms with E-state index in [1.165, 1.54) is 11.1 Å². The molecule has 0 aliphatic rings. The smallest absolute Gasteiger partial charge is 0.0933 e. The van der Waals surface area contributed by atoms with E-state index >= 15 is 0 Å². The summed E-state index contributed by atoms with van der Waals surface area (Å²) in [4.78, 5) is 5.16. The van der Waals surface area contributed by atoms with Crippen LogP contribution >= 0.6 is 0 Å². The summed E-state index contributed by atoms with van der Waals surface area (Å²) in [5, 5.41) is 0. The van der Waals surface area contributed by atoms with E-state index in [1.54, 1.807) is 0 Å². The maximum atomic E-state index is 5.16. The van der Waals surface area contributed by atoms with Crippen LogP contribution < -0.4 is 5.48 Å². The average molecular weight is 165 g/mol. The lowest BCUT2D eigenvalue weighted by Gasteiger charge is -2.03. The minimum absolute atomic E-state index is 0.633. The third kappa shape index (κ3) is 3.03. The fourth-order valence-corrected chi connectivity index (χ4v) is 0.921. The van der Waals surface area contributed by atoms with Crippen molar-refractivity contribution >= 4 is 0 Å². The molecule has 0 unspecified atom stereocenters. The number of hydrogen-bond donors (Lipinski definition) is 1. The minimum Gasteiger partial charge on any atom is -0.297 e.